The van der Waals surface area contributed by atoms with Crippen LogP contribution in [0.5, 0.6) is 5.75 Å². The van der Waals surface area contributed by atoms with Gasteiger partial charge in [-0.15, -0.1) is 0 Å². The monoisotopic (exact) mass is 475 g/mol. The summed E-state index contributed by atoms with van der Waals surface area (Å²) in [5.74, 6) is -0.174. The van der Waals surface area contributed by atoms with Gasteiger partial charge >= 0.3 is 0 Å². The molecule has 164 valence electrons. The maximum atomic E-state index is 12.4. The summed E-state index contributed by atoms with van der Waals surface area (Å²) in [6, 6.07) is 9.83. The number of carbonyl (C=O) groups excluding carboxylic acids is 1. The Morgan fingerprint density at radius 1 is 1.07 bits per heavy atom. The Kier molecular flexibility index (Phi) is 7.35. The quantitative estimate of drug-likeness (QED) is 0.624. The molecule has 0 saturated heterocycles. The summed E-state index contributed by atoms with van der Waals surface area (Å²) in [6.07, 6.45) is 0.953. The van der Waals surface area contributed by atoms with Gasteiger partial charge in [-0.3, -0.25) is 9.10 Å². The number of rotatable bonds is 8. The van der Waals surface area contributed by atoms with E-state index in [1.807, 2.05) is 0 Å². The topological polar surface area (TPSA) is 113 Å². The highest BCUT2D eigenvalue weighted by Crippen LogP contribution is 2.27. The number of nitrogens with one attached hydrogen (secondary N) is 1. The number of methoxy groups -OCH3 is 1. The van der Waals surface area contributed by atoms with E-state index in [-0.39, 0.29) is 15.6 Å². The number of nitrogens with zero attached hydrogens (tertiary/aromatic N) is 2. The van der Waals surface area contributed by atoms with Gasteiger partial charge in [-0.05, 0) is 42.5 Å². The number of anilines is 2. The van der Waals surface area contributed by atoms with Gasteiger partial charge in [0, 0.05) is 19.8 Å². The van der Waals surface area contributed by atoms with E-state index in [9.17, 15) is 21.6 Å². The van der Waals surface area contributed by atoms with Crippen LogP contribution in [-0.2, 0) is 24.8 Å². The van der Waals surface area contributed by atoms with Crippen LogP contribution in [0.1, 0.15) is 0 Å². The van der Waals surface area contributed by atoms with Crippen LogP contribution in [0.25, 0.3) is 0 Å². The zero-order valence-electron chi connectivity index (χ0n) is 16.8. The zero-order valence-corrected chi connectivity index (χ0v) is 19.2. The average Bonchev–Trinajstić information content (AvgIpc) is 2.65. The van der Waals surface area contributed by atoms with E-state index >= 15 is 0 Å². The molecule has 2 rings (SSSR count). The van der Waals surface area contributed by atoms with Crippen molar-refractivity contribution in [3.8, 4) is 5.75 Å². The standard InChI is InChI=1S/C18H22ClN3O6S2/c1-21(2)30(26,27)15-8-6-14(7-9-15)22(29(4,24)25)12-18(23)20-13-5-10-17(28-3)16(19)11-13/h5-11H,12H2,1-4H3,(H,20,23). The Balaban J connectivity index is 2.25. The van der Waals surface area contributed by atoms with Gasteiger partial charge in [0.1, 0.15) is 12.3 Å². The van der Waals surface area contributed by atoms with Crippen molar-refractivity contribution in [3.05, 3.63) is 47.5 Å². The van der Waals surface area contributed by atoms with Crippen LogP contribution >= 0.6 is 11.6 Å². The summed E-state index contributed by atoms with van der Waals surface area (Å²) < 4.78 is 55.8. The Bertz CT molecular complexity index is 1130. The second-order valence-corrected chi connectivity index (χ2v) is 10.9. The molecule has 0 atom stereocenters. The van der Waals surface area contributed by atoms with Crippen LogP contribution < -0.4 is 14.4 Å². The normalized spacial score (nSPS) is 11.9. The summed E-state index contributed by atoms with van der Waals surface area (Å²) in [4.78, 5) is 12.4. The number of halogens is 1. The van der Waals surface area contributed by atoms with Crippen LogP contribution in [0.4, 0.5) is 11.4 Å². The number of sulfonamides is 2. The maximum absolute atomic E-state index is 12.4. The van der Waals surface area contributed by atoms with Gasteiger partial charge in [-0.2, -0.15) is 0 Å². The predicted octanol–water partition coefficient (Wildman–Crippen LogP) is 2.00. The van der Waals surface area contributed by atoms with Gasteiger partial charge in [0.05, 0.1) is 29.0 Å². The molecule has 2 aromatic rings. The van der Waals surface area contributed by atoms with Crippen molar-refractivity contribution in [2.75, 3.05) is 43.6 Å². The van der Waals surface area contributed by atoms with Crippen molar-refractivity contribution in [2.45, 2.75) is 4.90 Å². The molecule has 0 aromatic heterocycles. The van der Waals surface area contributed by atoms with Crippen LogP contribution in [0.2, 0.25) is 5.02 Å². The minimum Gasteiger partial charge on any atom is -0.495 e. The van der Waals surface area contributed by atoms with E-state index in [1.54, 1.807) is 12.1 Å². The smallest absolute Gasteiger partial charge is 0.245 e. The Labute approximate surface area is 181 Å². The average molecular weight is 476 g/mol. The molecule has 0 aliphatic rings. The molecule has 9 nitrogen and oxygen atoms in total. The lowest BCUT2D eigenvalue weighted by Gasteiger charge is -2.22. The second kappa shape index (κ2) is 9.21. The highest BCUT2D eigenvalue weighted by molar-refractivity contribution is 7.92. The summed E-state index contributed by atoms with van der Waals surface area (Å²) in [7, 11) is -3.25. The fraction of sp³-hybridized carbons (Fsp3) is 0.278. The Morgan fingerprint density at radius 3 is 2.13 bits per heavy atom. The lowest BCUT2D eigenvalue weighted by Crippen LogP contribution is -2.37. The van der Waals surface area contributed by atoms with Gasteiger partial charge in [0.15, 0.2) is 0 Å². The molecule has 1 amide bonds. The third-order valence-corrected chi connectivity index (χ3v) is 7.29. The first kappa shape index (κ1) is 23.9. The molecule has 1 N–H and O–H groups in total. The first-order valence-corrected chi connectivity index (χ1v) is 12.2. The molecule has 0 bridgehead atoms. The molecule has 0 heterocycles. The number of carbonyl (C=O) groups is 1. The lowest BCUT2D eigenvalue weighted by atomic mass is 10.3. The third kappa shape index (κ3) is 5.63. The van der Waals surface area contributed by atoms with Crippen molar-refractivity contribution in [1.29, 1.82) is 0 Å². The van der Waals surface area contributed by atoms with Crippen molar-refractivity contribution < 1.29 is 26.4 Å². The molecule has 0 spiro atoms. The molecule has 12 heteroatoms. The van der Waals surface area contributed by atoms with Crippen molar-refractivity contribution >= 4 is 48.9 Å². The van der Waals surface area contributed by atoms with Gasteiger partial charge in [0.25, 0.3) is 0 Å². The summed E-state index contributed by atoms with van der Waals surface area (Å²) in [6.45, 7) is -0.512. The maximum Gasteiger partial charge on any atom is 0.245 e. The highest BCUT2D eigenvalue weighted by atomic mass is 35.5. The summed E-state index contributed by atoms with van der Waals surface area (Å²) in [5, 5.41) is 2.85. The van der Waals surface area contributed by atoms with E-state index in [2.05, 4.69) is 5.32 Å². The van der Waals surface area contributed by atoms with E-state index in [0.29, 0.717) is 11.4 Å². The first-order chi connectivity index (χ1) is 13.9. The van der Waals surface area contributed by atoms with E-state index < -0.39 is 32.5 Å². The molecular formula is C18H22ClN3O6S2. The molecular weight excluding hydrogens is 454 g/mol. The largest absolute Gasteiger partial charge is 0.495 e. The van der Waals surface area contributed by atoms with Gasteiger partial charge in [-0.1, -0.05) is 11.6 Å². The van der Waals surface area contributed by atoms with E-state index in [4.69, 9.17) is 16.3 Å². The van der Waals surface area contributed by atoms with Crippen molar-refractivity contribution in [2.24, 2.45) is 0 Å². The molecule has 0 aliphatic heterocycles. The van der Waals surface area contributed by atoms with Crippen LogP contribution in [-0.4, -0.2) is 61.1 Å². The van der Waals surface area contributed by atoms with E-state index in [1.165, 1.54) is 51.5 Å². The van der Waals surface area contributed by atoms with Crippen LogP contribution in [0.15, 0.2) is 47.4 Å². The fourth-order valence-corrected chi connectivity index (χ4v) is 4.49. The van der Waals surface area contributed by atoms with Gasteiger partial charge < -0.3 is 10.1 Å². The Morgan fingerprint density at radius 2 is 1.67 bits per heavy atom. The van der Waals surface area contributed by atoms with Crippen molar-refractivity contribution in [3.63, 3.8) is 0 Å². The number of hydrogen-bond acceptors (Lipinski definition) is 6. The van der Waals surface area contributed by atoms with Crippen molar-refractivity contribution in [1.82, 2.24) is 4.31 Å². The SMILES string of the molecule is COc1ccc(NC(=O)CN(c2ccc(S(=O)(=O)N(C)C)cc2)S(C)(=O)=O)cc1Cl. The zero-order chi connectivity index (χ0) is 22.7. The number of hydrogen-bond donors (Lipinski definition) is 1. The third-order valence-electron chi connectivity index (χ3n) is 4.03. The Hall–Kier alpha value is -2.34. The van der Waals surface area contributed by atoms with E-state index in [0.717, 1.165) is 14.9 Å². The minimum absolute atomic E-state index is 0.00188. The summed E-state index contributed by atoms with van der Waals surface area (Å²) in [5.41, 5.74) is 0.518. The highest BCUT2D eigenvalue weighted by Gasteiger charge is 2.23. The van der Waals surface area contributed by atoms with Gasteiger partial charge in [0.2, 0.25) is 26.0 Å². The first-order valence-electron chi connectivity index (χ1n) is 8.50. The molecule has 0 saturated carbocycles. The molecule has 0 aliphatic carbocycles. The number of amides is 1. The fourth-order valence-electron chi connectivity index (χ4n) is 2.47. The van der Waals surface area contributed by atoms with Crippen LogP contribution in [0.3, 0.4) is 0 Å². The lowest BCUT2D eigenvalue weighted by molar-refractivity contribution is -0.114. The molecule has 0 fully saturated rings. The molecule has 0 unspecified atom stereocenters. The molecule has 2 aromatic carbocycles. The van der Waals surface area contributed by atoms with Crippen LogP contribution in [0, 0.1) is 0 Å². The number of benzene rings is 2. The molecule has 0 radical (unpaired) electrons. The van der Waals surface area contributed by atoms with Gasteiger partial charge in [-0.25, -0.2) is 21.1 Å². The number of ether oxygens (including phenoxy) is 1. The minimum atomic E-state index is -3.82. The molecule has 30 heavy (non-hydrogen) atoms. The predicted molar refractivity (Wildman–Crippen MR) is 116 cm³/mol. The second-order valence-electron chi connectivity index (χ2n) is 6.45. The summed E-state index contributed by atoms with van der Waals surface area (Å²) >= 11 is 6.03.